The normalized spacial score (nSPS) is 16.8. The van der Waals surface area contributed by atoms with Gasteiger partial charge in [-0.05, 0) is 46.1 Å². The van der Waals surface area contributed by atoms with Crippen molar-refractivity contribution in [2.75, 3.05) is 0 Å². The first-order valence-electron chi connectivity index (χ1n) is 7.44. The SMILES string of the molecule is C=C1CC(c2ccccc2OC(F)F)c2c1nc1ccc(Br)cn21. The first kappa shape index (κ1) is 15.3. The molecule has 0 amide bonds. The first-order valence-corrected chi connectivity index (χ1v) is 8.23. The van der Waals surface area contributed by atoms with Crippen molar-refractivity contribution in [2.24, 2.45) is 0 Å². The zero-order chi connectivity index (χ0) is 16.8. The van der Waals surface area contributed by atoms with Crippen molar-refractivity contribution < 1.29 is 13.5 Å². The lowest BCUT2D eigenvalue weighted by Crippen LogP contribution is -2.08. The molecule has 1 atom stereocenters. The lowest BCUT2D eigenvalue weighted by molar-refractivity contribution is -0.0505. The van der Waals surface area contributed by atoms with Crippen LogP contribution in [0.4, 0.5) is 8.78 Å². The van der Waals surface area contributed by atoms with E-state index in [-0.39, 0.29) is 11.7 Å². The summed E-state index contributed by atoms with van der Waals surface area (Å²) in [7, 11) is 0. The number of fused-ring (bicyclic) bond motifs is 3. The van der Waals surface area contributed by atoms with E-state index in [4.69, 9.17) is 4.74 Å². The fourth-order valence-electron chi connectivity index (χ4n) is 3.30. The third-order valence-electron chi connectivity index (χ3n) is 4.25. The van der Waals surface area contributed by atoms with Gasteiger partial charge in [0.15, 0.2) is 0 Å². The Hall–Kier alpha value is -2.21. The van der Waals surface area contributed by atoms with Gasteiger partial charge in [0.1, 0.15) is 11.4 Å². The lowest BCUT2D eigenvalue weighted by atomic mass is 9.95. The minimum Gasteiger partial charge on any atom is -0.435 e. The van der Waals surface area contributed by atoms with Crippen molar-refractivity contribution in [2.45, 2.75) is 19.0 Å². The number of halogens is 3. The van der Waals surface area contributed by atoms with Crippen molar-refractivity contribution in [1.82, 2.24) is 9.38 Å². The van der Waals surface area contributed by atoms with Crippen LogP contribution in [-0.2, 0) is 0 Å². The van der Waals surface area contributed by atoms with Crippen LogP contribution in [0.5, 0.6) is 5.75 Å². The molecule has 3 nitrogen and oxygen atoms in total. The van der Waals surface area contributed by atoms with E-state index in [9.17, 15) is 8.78 Å². The second-order valence-corrected chi connectivity index (χ2v) is 6.61. The Morgan fingerprint density at radius 3 is 2.83 bits per heavy atom. The Kier molecular flexibility index (Phi) is 3.64. The molecule has 0 saturated heterocycles. The summed E-state index contributed by atoms with van der Waals surface area (Å²) in [6.07, 6.45) is 2.57. The Labute approximate surface area is 145 Å². The quantitative estimate of drug-likeness (QED) is 0.610. The summed E-state index contributed by atoms with van der Waals surface area (Å²) >= 11 is 3.47. The summed E-state index contributed by atoms with van der Waals surface area (Å²) in [5.41, 5.74) is 4.23. The fraction of sp³-hybridized carbons (Fsp3) is 0.167. The van der Waals surface area contributed by atoms with Gasteiger partial charge in [-0.15, -0.1) is 0 Å². The summed E-state index contributed by atoms with van der Waals surface area (Å²) in [5.74, 6) is 0.0786. The van der Waals surface area contributed by atoms with E-state index < -0.39 is 6.61 Å². The second-order valence-electron chi connectivity index (χ2n) is 5.70. The largest absolute Gasteiger partial charge is 0.435 e. The van der Waals surface area contributed by atoms with Gasteiger partial charge < -0.3 is 9.14 Å². The van der Waals surface area contributed by atoms with E-state index in [1.54, 1.807) is 12.1 Å². The van der Waals surface area contributed by atoms with Gasteiger partial charge in [0, 0.05) is 22.2 Å². The molecule has 24 heavy (non-hydrogen) atoms. The van der Waals surface area contributed by atoms with Gasteiger partial charge in [0.05, 0.1) is 11.4 Å². The van der Waals surface area contributed by atoms with Gasteiger partial charge in [0.25, 0.3) is 0 Å². The molecule has 0 radical (unpaired) electrons. The van der Waals surface area contributed by atoms with Crippen LogP contribution in [0.1, 0.15) is 29.3 Å². The molecule has 3 aromatic rings. The molecular weight excluding hydrogens is 378 g/mol. The average Bonchev–Trinajstić information content (AvgIpc) is 3.05. The van der Waals surface area contributed by atoms with Gasteiger partial charge in [0.2, 0.25) is 0 Å². The Morgan fingerprint density at radius 1 is 1.25 bits per heavy atom. The summed E-state index contributed by atoms with van der Waals surface area (Å²) < 4.78 is 33.1. The molecule has 2 heterocycles. The third-order valence-corrected chi connectivity index (χ3v) is 4.71. The number of pyridine rings is 1. The molecular formula is C18H13BrF2N2O. The summed E-state index contributed by atoms with van der Waals surface area (Å²) in [6, 6.07) is 10.7. The molecule has 1 unspecified atom stereocenters. The van der Waals surface area contributed by atoms with E-state index in [2.05, 4.69) is 27.5 Å². The zero-order valence-corrected chi connectivity index (χ0v) is 14.1. The van der Waals surface area contributed by atoms with Crippen LogP contribution in [0, 0.1) is 0 Å². The molecule has 0 fully saturated rings. The van der Waals surface area contributed by atoms with Gasteiger partial charge in [-0.25, -0.2) is 4.98 Å². The minimum atomic E-state index is -2.86. The van der Waals surface area contributed by atoms with Crippen LogP contribution in [0.15, 0.2) is 53.6 Å². The van der Waals surface area contributed by atoms with E-state index in [1.807, 2.05) is 34.9 Å². The number of allylic oxidation sites excluding steroid dienone is 1. The van der Waals surface area contributed by atoms with Crippen molar-refractivity contribution in [3.63, 3.8) is 0 Å². The van der Waals surface area contributed by atoms with Crippen molar-refractivity contribution in [3.8, 4) is 5.75 Å². The van der Waals surface area contributed by atoms with Crippen LogP contribution in [0.2, 0.25) is 0 Å². The smallest absolute Gasteiger partial charge is 0.387 e. The maximum Gasteiger partial charge on any atom is 0.387 e. The monoisotopic (exact) mass is 390 g/mol. The summed E-state index contributed by atoms with van der Waals surface area (Å²) in [5, 5.41) is 0. The molecule has 0 spiro atoms. The number of nitrogens with zero attached hydrogens (tertiary/aromatic N) is 2. The van der Waals surface area contributed by atoms with Crippen molar-refractivity contribution >= 4 is 27.2 Å². The van der Waals surface area contributed by atoms with E-state index >= 15 is 0 Å². The summed E-state index contributed by atoms with van der Waals surface area (Å²) in [6.45, 7) is 1.25. The highest BCUT2D eigenvalue weighted by Gasteiger charge is 2.33. The van der Waals surface area contributed by atoms with E-state index in [0.717, 1.165) is 32.6 Å². The summed E-state index contributed by atoms with van der Waals surface area (Å²) in [4.78, 5) is 4.64. The maximum atomic E-state index is 12.7. The number of alkyl halides is 2. The van der Waals surface area contributed by atoms with Gasteiger partial charge >= 0.3 is 6.61 Å². The highest BCUT2D eigenvalue weighted by atomic mass is 79.9. The predicted molar refractivity (Wildman–Crippen MR) is 91.5 cm³/mol. The fourth-order valence-corrected chi connectivity index (χ4v) is 3.64. The Balaban J connectivity index is 1.90. The van der Waals surface area contributed by atoms with Crippen LogP contribution in [0.25, 0.3) is 11.2 Å². The third kappa shape index (κ3) is 2.41. The molecule has 1 aliphatic rings. The number of aromatic nitrogens is 2. The molecule has 0 saturated carbocycles. The van der Waals surface area contributed by atoms with Crippen LogP contribution < -0.4 is 4.74 Å². The van der Waals surface area contributed by atoms with E-state index in [0.29, 0.717) is 6.42 Å². The van der Waals surface area contributed by atoms with Crippen LogP contribution >= 0.6 is 15.9 Å². The molecule has 1 aliphatic carbocycles. The molecule has 0 aliphatic heterocycles. The number of hydrogen-bond acceptors (Lipinski definition) is 2. The van der Waals surface area contributed by atoms with Crippen molar-refractivity contribution in [3.05, 3.63) is 70.6 Å². The molecule has 122 valence electrons. The zero-order valence-electron chi connectivity index (χ0n) is 12.5. The van der Waals surface area contributed by atoms with Gasteiger partial charge in [-0.2, -0.15) is 8.78 Å². The molecule has 0 bridgehead atoms. The first-order chi connectivity index (χ1) is 11.5. The highest BCUT2D eigenvalue weighted by Crippen LogP contribution is 2.46. The lowest BCUT2D eigenvalue weighted by Gasteiger charge is -2.17. The van der Waals surface area contributed by atoms with E-state index in [1.165, 1.54) is 0 Å². The highest BCUT2D eigenvalue weighted by molar-refractivity contribution is 9.10. The van der Waals surface area contributed by atoms with Gasteiger partial charge in [-0.3, -0.25) is 0 Å². The van der Waals surface area contributed by atoms with Crippen LogP contribution in [0.3, 0.4) is 0 Å². The average molecular weight is 391 g/mol. The number of hydrogen-bond donors (Lipinski definition) is 0. The molecule has 1 aromatic carbocycles. The Morgan fingerprint density at radius 2 is 2.04 bits per heavy atom. The molecule has 0 N–H and O–H groups in total. The predicted octanol–water partition coefficient (Wildman–Crippen LogP) is 5.25. The molecule has 6 heteroatoms. The number of benzene rings is 1. The second kappa shape index (κ2) is 5.70. The topological polar surface area (TPSA) is 26.5 Å². The number of para-hydroxylation sites is 1. The minimum absolute atomic E-state index is 0.119. The number of imidazole rings is 1. The van der Waals surface area contributed by atoms with Crippen molar-refractivity contribution in [1.29, 1.82) is 0 Å². The standard InChI is InChI=1S/C18H13BrF2N2O/c1-10-8-13(12-4-2-3-5-14(12)24-18(20)21)17-16(10)22-15-7-6-11(19)9-23(15)17/h2-7,9,13,18H,1,8H2. The number of ether oxygens (including phenoxy) is 1. The maximum absolute atomic E-state index is 12.7. The Bertz CT molecular complexity index is 951. The number of rotatable bonds is 3. The van der Waals surface area contributed by atoms with Gasteiger partial charge in [-0.1, -0.05) is 24.8 Å². The van der Waals surface area contributed by atoms with Crippen LogP contribution in [-0.4, -0.2) is 16.0 Å². The molecule has 2 aromatic heterocycles. The molecule has 4 rings (SSSR count).